The third-order valence-electron chi connectivity index (χ3n) is 2.96. The molecule has 0 unspecified atom stereocenters. The minimum Gasteiger partial charge on any atom is -0.369 e. The first-order valence-electron chi connectivity index (χ1n) is 5.23. The molecule has 0 aliphatic carbocycles. The fourth-order valence-electron chi connectivity index (χ4n) is 2.13. The monoisotopic (exact) mass is 312 g/mol. The van der Waals surface area contributed by atoms with E-state index in [1.165, 1.54) is 5.56 Å². The van der Waals surface area contributed by atoms with Gasteiger partial charge in [-0.1, -0.05) is 11.6 Å². The molecule has 88 valence electrons. The number of nitrogens with one attached hydrogen (secondary N) is 1. The van der Waals surface area contributed by atoms with Crippen LogP contribution in [0.1, 0.15) is 5.56 Å². The molecular formula is C11H10BrClN4. The second-order valence-corrected chi connectivity index (χ2v) is 5.23. The number of aromatic nitrogens is 1. The van der Waals surface area contributed by atoms with Crippen LogP contribution >= 0.6 is 27.5 Å². The average molecular weight is 314 g/mol. The number of likely N-dealkylation sites (N-methyl/N-ethyl adjacent to an activating group) is 1. The number of aromatic amines is 1. The zero-order chi connectivity index (χ0) is 12.0. The summed E-state index contributed by atoms with van der Waals surface area (Å²) < 4.78 is 0.890. The van der Waals surface area contributed by atoms with E-state index in [1.807, 2.05) is 13.1 Å². The summed E-state index contributed by atoms with van der Waals surface area (Å²) in [6.07, 6.45) is 3.74. The number of H-pyrrole nitrogens is 1. The first-order chi connectivity index (χ1) is 8.18. The number of rotatable bonds is 0. The van der Waals surface area contributed by atoms with Gasteiger partial charge in [0.25, 0.3) is 0 Å². The van der Waals surface area contributed by atoms with E-state index in [2.05, 4.69) is 36.0 Å². The van der Waals surface area contributed by atoms with Crippen LogP contribution in [0.2, 0.25) is 0 Å². The van der Waals surface area contributed by atoms with Gasteiger partial charge in [0.05, 0.1) is 38.6 Å². The summed E-state index contributed by atoms with van der Waals surface area (Å²) in [7, 11) is 2.05. The zero-order valence-corrected chi connectivity index (χ0v) is 11.5. The van der Waals surface area contributed by atoms with E-state index in [9.17, 15) is 0 Å². The number of hydrogen-bond donors (Lipinski definition) is 1. The number of allylic oxidation sites excluding steroid dienone is 1. The lowest BCUT2D eigenvalue weighted by Gasteiger charge is -2.16. The standard InChI is InChI=1S/C11H10BrClN4/c1-17-3-2-7(13)9(12)10-11(17)6-4-14-15-5-8(6)16-10/h2,5,16H,3-4H2,1H3. The van der Waals surface area contributed by atoms with Crippen molar-refractivity contribution in [2.24, 2.45) is 10.2 Å². The molecule has 4 nitrogen and oxygen atoms in total. The van der Waals surface area contributed by atoms with Crippen molar-refractivity contribution in [2.45, 2.75) is 6.54 Å². The van der Waals surface area contributed by atoms with E-state index in [0.717, 1.165) is 32.4 Å². The largest absolute Gasteiger partial charge is 0.369 e. The second kappa shape index (κ2) is 3.99. The topological polar surface area (TPSA) is 43.8 Å². The van der Waals surface area contributed by atoms with Crippen LogP contribution in [-0.4, -0.2) is 18.6 Å². The van der Waals surface area contributed by atoms with Crippen LogP contribution in [0.4, 0.5) is 5.69 Å². The van der Waals surface area contributed by atoms with E-state index in [1.54, 1.807) is 6.20 Å². The second-order valence-electron chi connectivity index (χ2n) is 4.03. The van der Waals surface area contributed by atoms with Gasteiger partial charge in [0.2, 0.25) is 0 Å². The molecule has 0 bridgehead atoms. The Morgan fingerprint density at radius 2 is 2.35 bits per heavy atom. The maximum atomic E-state index is 6.20. The van der Waals surface area contributed by atoms with Gasteiger partial charge in [0.15, 0.2) is 0 Å². The first kappa shape index (κ1) is 11.0. The van der Waals surface area contributed by atoms with Crippen molar-refractivity contribution in [3.63, 3.8) is 0 Å². The Labute approximate surface area is 111 Å². The molecule has 0 saturated carbocycles. The summed E-state index contributed by atoms with van der Waals surface area (Å²) in [6.45, 7) is 1.39. The van der Waals surface area contributed by atoms with Gasteiger partial charge in [-0.3, -0.25) is 0 Å². The van der Waals surface area contributed by atoms with Crippen molar-refractivity contribution in [2.75, 3.05) is 18.5 Å². The maximum Gasteiger partial charge on any atom is 0.0895 e. The minimum absolute atomic E-state index is 0.611. The Balaban J connectivity index is 2.41. The molecule has 0 amide bonds. The molecule has 0 radical (unpaired) electrons. The molecule has 6 heteroatoms. The first-order valence-corrected chi connectivity index (χ1v) is 6.40. The Kier molecular flexibility index (Phi) is 2.60. The predicted molar refractivity (Wildman–Crippen MR) is 72.6 cm³/mol. The van der Waals surface area contributed by atoms with Crippen molar-refractivity contribution in [3.8, 4) is 0 Å². The van der Waals surface area contributed by atoms with E-state index >= 15 is 0 Å². The summed E-state index contributed by atoms with van der Waals surface area (Å²) in [5.41, 5.74) is 2.32. The Morgan fingerprint density at radius 3 is 3.18 bits per heavy atom. The highest BCUT2D eigenvalue weighted by atomic mass is 79.9. The molecule has 0 aromatic carbocycles. The Bertz CT molecular complexity index is 656. The van der Waals surface area contributed by atoms with Gasteiger partial charge in [-0.2, -0.15) is 10.2 Å². The fourth-order valence-corrected chi connectivity index (χ4v) is 2.74. The molecule has 3 rings (SSSR count). The van der Waals surface area contributed by atoms with Crippen LogP contribution in [0.15, 0.2) is 21.3 Å². The van der Waals surface area contributed by atoms with Crippen molar-refractivity contribution in [1.82, 2.24) is 4.98 Å². The molecule has 1 N–H and O–H groups in total. The summed E-state index contributed by atoms with van der Waals surface area (Å²) in [6, 6.07) is 0. The van der Waals surface area contributed by atoms with Crippen LogP contribution < -0.4 is 15.6 Å². The van der Waals surface area contributed by atoms with Gasteiger partial charge >= 0.3 is 0 Å². The highest BCUT2D eigenvalue weighted by Gasteiger charge is 2.19. The predicted octanol–water partition coefficient (Wildman–Crippen LogP) is 1.79. The van der Waals surface area contributed by atoms with Crippen molar-refractivity contribution in [3.05, 3.63) is 27.4 Å². The van der Waals surface area contributed by atoms with Crippen LogP contribution in [0.5, 0.6) is 0 Å². The molecular weight excluding hydrogens is 304 g/mol. The van der Waals surface area contributed by atoms with Crippen LogP contribution in [0, 0.1) is 0 Å². The average Bonchev–Trinajstić information content (AvgIpc) is 2.69. The smallest absolute Gasteiger partial charge is 0.0895 e. The number of anilines is 1. The molecule has 2 aliphatic heterocycles. The highest BCUT2D eigenvalue weighted by molar-refractivity contribution is 9.15. The summed E-state index contributed by atoms with van der Waals surface area (Å²) in [5, 5.41) is 10.7. The lowest BCUT2D eigenvalue weighted by atomic mass is 10.2. The molecule has 0 fully saturated rings. The summed E-state index contributed by atoms with van der Waals surface area (Å²) >= 11 is 9.74. The maximum absolute atomic E-state index is 6.20. The lowest BCUT2D eigenvalue weighted by Crippen LogP contribution is -2.23. The number of fused-ring (bicyclic) bond motifs is 3. The molecule has 1 aromatic heterocycles. The van der Waals surface area contributed by atoms with Crippen molar-refractivity contribution < 1.29 is 0 Å². The summed E-state index contributed by atoms with van der Waals surface area (Å²) in [5.74, 6) is 0. The highest BCUT2D eigenvalue weighted by Crippen LogP contribution is 2.26. The van der Waals surface area contributed by atoms with Gasteiger partial charge in [0, 0.05) is 19.2 Å². The minimum atomic E-state index is 0.611. The number of halogens is 2. The van der Waals surface area contributed by atoms with Crippen LogP contribution in [0.3, 0.4) is 0 Å². The molecule has 1 aromatic rings. The van der Waals surface area contributed by atoms with Crippen LogP contribution in [-0.2, 0) is 6.54 Å². The van der Waals surface area contributed by atoms with Gasteiger partial charge in [-0.25, -0.2) is 0 Å². The van der Waals surface area contributed by atoms with Crippen molar-refractivity contribution >= 4 is 43.9 Å². The van der Waals surface area contributed by atoms with E-state index in [-0.39, 0.29) is 0 Å². The van der Waals surface area contributed by atoms with E-state index in [4.69, 9.17) is 11.6 Å². The third kappa shape index (κ3) is 1.65. The normalized spacial score (nSPS) is 18.2. The van der Waals surface area contributed by atoms with Gasteiger partial charge in [0.1, 0.15) is 0 Å². The fraction of sp³-hybridized carbons (Fsp3) is 0.273. The Morgan fingerprint density at radius 1 is 1.53 bits per heavy atom. The SMILES string of the molecule is CN1CC=C(Cl)C(Br)=c2[nH]c3c(c21)CN=NC=3. The lowest BCUT2D eigenvalue weighted by molar-refractivity contribution is 0.919. The quantitative estimate of drug-likeness (QED) is 0.780. The number of hydrogen-bond acceptors (Lipinski definition) is 3. The number of nitrogens with zero attached hydrogens (tertiary/aromatic N) is 3. The molecule has 0 saturated heterocycles. The van der Waals surface area contributed by atoms with Gasteiger partial charge in [-0.15, -0.1) is 0 Å². The van der Waals surface area contributed by atoms with Crippen LogP contribution in [0.25, 0.3) is 10.7 Å². The number of azo groups is 1. The molecule has 17 heavy (non-hydrogen) atoms. The Hall–Kier alpha value is -1.07. The van der Waals surface area contributed by atoms with E-state index in [0.29, 0.717) is 6.54 Å². The third-order valence-corrected chi connectivity index (χ3v) is 4.36. The zero-order valence-electron chi connectivity index (χ0n) is 9.17. The van der Waals surface area contributed by atoms with Gasteiger partial charge in [-0.05, 0) is 22.0 Å². The van der Waals surface area contributed by atoms with E-state index < -0.39 is 0 Å². The van der Waals surface area contributed by atoms with Gasteiger partial charge < -0.3 is 9.88 Å². The molecule has 2 aliphatic rings. The summed E-state index contributed by atoms with van der Waals surface area (Å²) in [4.78, 5) is 5.51. The van der Waals surface area contributed by atoms with Crippen molar-refractivity contribution in [1.29, 1.82) is 0 Å². The molecule has 3 heterocycles. The molecule has 0 spiro atoms. The molecule has 0 atom stereocenters.